The van der Waals surface area contributed by atoms with Crippen LogP contribution in [0.1, 0.15) is 61.0 Å². The number of nitrogens with zero attached hydrogens (tertiary/aromatic N) is 3. The number of aryl methyl sites for hydroxylation is 2. The maximum absolute atomic E-state index is 13.1. The molecular formula is C18H21N3O2. The van der Waals surface area contributed by atoms with Gasteiger partial charge in [0.25, 0.3) is 0 Å². The lowest BCUT2D eigenvalue weighted by atomic mass is 9.99. The van der Waals surface area contributed by atoms with E-state index in [1.165, 1.54) is 11.1 Å². The van der Waals surface area contributed by atoms with Gasteiger partial charge in [-0.25, -0.2) is 0 Å². The van der Waals surface area contributed by atoms with Crippen molar-refractivity contribution in [2.75, 3.05) is 6.54 Å². The predicted octanol–water partition coefficient (Wildman–Crippen LogP) is 3.03. The van der Waals surface area contributed by atoms with E-state index in [9.17, 15) is 4.79 Å². The van der Waals surface area contributed by atoms with Gasteiger partial charge in [0.2, 0.25) is 11.8 Å². The fraction of sp³-hybridized carbons (Fsp3) is 0.500. The minimum atomic E-state index is -0.0284. The minimum absolute atomic E-state index is 0.00986. The van der Waals surface area contributed by atoms with Gasteiger partial charge in [-0.15, -0.1) is 0 Å². The Morgan fingerprint density at radius 1 is 1.35 bits per heavy atom. The normalized spacial score (nSPS) is 23.3. The highest BCUT2D eigenvalue weighted by Crippen LogP contribution is 2.38. The summed E-state index contributed by atoms with van der Waals surface area (Å²) in [6, 6.07) is 8.28. The van der Waals surface area contributed by atoms with E-state index in [-0.39, 0.29) is 17.9 Å². The number of fused-ring (bicyclic) bond motifs is 1. The Morgan fingerprint density at radius 2 is 2.22 bits per heavy atom. The van der Waals surface area contributed by atoms with E-state index in [1.54, 1.807) is 0 Å². The van der Waals surface area contributed by atoms with Crippen LogP contribution in [0.3, 0.4) is 0 Å². The van der Waals surface area contributed by atoms with Gasteiger partial charge in [-0.05, 0) is 36.8 Å². The van der Waals surface area contributed by atoms with E-state index in [2.05, 4.69) is 28.3 Å². The van der Waals surface area contributed by atoms with Gasteiger partial charge < -0.3 is 9.42 Å². The molecular weight excluding hydrogens is 290 g/mol. The predicted molar refractivity (Wildman–Crippen MR) is 84.9 cm³/mol. The van der Waals surface area contributed by atoms with Gasteiger partial charge in [0.05, 0.1) is 12.0 Å². The molecule has 5 heteroatoms. The lowest BCUT2D eigenvalue weighted by Gasteiger charge is -2.25. The standard InChI is InChI=1S/C18H21N3O2/c1-2-16-19-17(20-23-16)15-8-5-11-21(15)18(22)14-10-9-12-6-3-4-7-13(12)14/h3-4,6-7,14-15H,2,5,8-11H2,1H3/t14-,15+/m1/s1. The van der Waals surface area contributed by atoms with Crippen molar-refractivity contribution in [1.82, 2.24) is 15.0 Å². The molecule has 0 spiro atoms. The molecule has 5 nitrogen and oxygen atoms in total. The van der Waals surface area contributed by atoms with Gasteiger partial charge in [0.15, 0.2) is 5.82 Å². The zero-order valence-corrected chi connectivity index (χ0v) is 13.4. The van der Waals surface area contributed by atoms with Crippen LogP contribution in [0.15, 0.2) is 28.8 Å². The first-order chi connectivity index (χ1) is 11.3. The molecule has 1 aliphatic heterocycles. The quantitative estimate of drug-likeness (QED) is 0.874. The Kier molecular flexibility index (Phi) is 3.63. The number of benzene rings is 1. The Morgan fingerprint density at radius 3 is 3.04 bits per heavy atom. The minimum Gasteiger partial charge on any atom is -0.339 e. The monoisotopic (exact) mass is 311 g/mol. The van der Waals surface area contributed by atoms with Crippen molar-refractivity contribution in [1.29, 1.82) is 0 Å². The van der Waals surface area contributed by atoms with Gasteiger partial charge in [0, 0.05) is 13.0 Å². The smallest absolute Gasteiger partial charge is 0.230 e. The van der Waals surface area contributed by atoms with Crippen molar-refractivity contribution in [3.05, 3.63) is 47.1 Å². The Labute approximate surface area is 135 Å². The molecule has 0 unspecified atom stereocenters. The highest BCUT2D eigenvalue weighted by molar-refractivity contribution is 5.85. The first-order valence-corrected chi connectivity index (χ1v) is 8.48. The Balaban J connectivity index is 1.58. The van der Waals surface area contributed by atoms with Crippen molar-refractivity contribution in [3.8, 4) is 0 Å². The van der Waals surface area contributed by atoms with Gasteiger partial charge in [-0.3, -0.25) is 4.79 Å². The largest absolute Gasteiger partial charge is 0.339 e. The molecule has 120 valence electrons. The molecule has 0 radical (unpaired) electrons. The van der Waals surface area contributed by atoms with E-state index in [4.69, 9.17) is 4.52 Å². The number of carbonyl (C=O) groups excluding carboxylic acids is 1. The molecule has 2 aliphatic rings. The van der Waals surface area contributed by atoms with E-state index in [1.807, 2.05) is 17.9 Å². The van der Waals surface area contributed by atoms with Crippen molar-refractivity contribution < 1.29 is 9.32 Å². The maximum Gasteiger partial charge on any atom is 0.230 e. The lowest BCUT2D eigenvalue weighted by Crippen LogP contribution is -2.34. The molecule has 1 aliphatic carbocycles. The maximum atomic E-state index is 13.1. The SMILES string of the molecule is CCc1nc([C@@H]2CCCN2C(=O)[C@@H]2CCc3ccccc32)no1. The summed E-state index contributed by atoms with van der Waals surface area (Å²) in [6.45, 7) is 2.78. The average molecular weight is 311 g/mol. The van der Waals surface area contributed by atoms with Gasteiger partial charge in [-0.1, -0.05) is 36.3 Å². The van der Waals surface area contributed by atoms with Crippen LogP contribution in [0.2, 0.25) is 0 Å². The number of likely N-dealkylation sites (tertiary alicyclic amines) is 1. The summed E-state index contributed by atoms with van der Waals surface area (Å²) in [6.07, 6.45) is 4.55. The van der Waals surface area contributed by atoms with Gasteiger partial charge in [-0.2, -0.15) is 4.98 Å². The number of hydrogen-bond acceptors (Lipinski definition) is 4. The Bertz CT molecular complexity index is 725. The number of carbonyl (C=O) groups is 1. The van der Waals surface area contributed by atoms with Crippen molar-refractivity contribution in [2.24, 2.45) is 0 Å². The first kappa shape index (κ1) is 14.4. The van der Waals surface area contributed by atoms with Crippen LogP contribution in [0, 0.1) is 0 Å². The van der Waals surface area contributed by atoms with E-state index >= 15 is 0 Å². The summed E-state index contributed by atoms with van der Waals surface area (Å²) < 4.78 is 5.24. The molecule has 0 bridgehead atoms. The van der Waals surface area contributed by atoms with Crippen LogP contribution in [-0.2, 0) is 17.6 Å². The number of rotatable bonds is 3. The molecule has 1 amide bonds. The second-order valence-corrected chi connectivity index (χ2v) is 6.38. The van der Waals surface area contributed by atoms with Crippen molar-refractivity contribution in [3.63, 3.8) is 0 Å². The second kappa shape index (κ2) is 5.80. The molecule has 1 fully saturated rings. The van der Waals surface area contributed by atoms with Crippen molar-refractivity contribution in [2.45, 2.75) is 51.0 Å². The topological polar surface area (TPSA) is 59.2 Å². The zero-order valence-electron chi connectivity index (χ0n) is 13.4. The van der Waals surface area contributed by atoms with Crippen LogP contribution in [0.25, 0.3) is 0 Å². The molecule has 2 heterocycles. The Hall–Kier alpha value is -2.17. The first-order valence-electron chi connectivity index (χ1n) is 8.48. The van der Waals surface area contributed by atoms with Gasteiger partial charge >= 0.3 is 0 Å². The molecule has 0 saturated carbocycles. The second-order valence-electron chi connectivity index (χ2n) is 6.38. The molecule has 1 saturated heterocycles. The summed E-state index contributed by atoms with van der Waals surface area (Å²) >= 11 is 0. The summed E-state index contributed by atoms with van der Waals surface area (Å²) in [5.74, 6) is 1.52. The van der Waals surface area contributed by atoms with E-state index in [0.29, 0.717) is 11.7 Å². The average Bonchev–Trinajstić information content (AvgIpc) is 3.31. The summed E-state index contributed by atoms with van der Waals surface area (Å²) in [5.41, 5.74) is 2.51. The van der Waals surface area contributed by atoms with Crippen LogP contribution in [-0.4, -0.2) is 27.5 Å². The molecule has 0 N–H and O–H groups in total. The molecule has 23 heavy (non-hydrogen) atoms. The highest BCUT2D eigenvalue weighted by Gasteiger charge is 2.38. The third-order valence-electron chi connectivity index (χ3n) is 5.05. The zero-order chi connectivity index (χ0) is 15.8. The molecule has 2 aromatic rings. The van der Waals surface area contributed by atoms with Crippen LogP contribution in [0.4, 0.5) is 0 Å². The van der Waals surface area contributed by atoms with Crippen LogP contribution in [0.5, 0.6) is 0 Å². The summed E-state index contributed by atoms with van der Waals surface area (Å²) in [4.78, 5) is 19.5. The van der Waals surface area contributed by atoms with Crippen LogP contribution < -0.4 is 0 Å². The summed E-state index contributed by atoms with van der Waals surface area (Å²) in [5, 5.41) is 4.09. The van der Waals surface area contributed by atoms with E-state index < -0.39 is 0 Å². The number of hydrogen-bond donors (Lipinski definition) is 0. The molecule has 1 aromatic heterocycles. The molecule has 4 rings (SSSR count). The highest BCUT2D eigenvalue weighted by atomic mass is 16.5. The van der Waals surface area contributed by atoms with Gasteiger partial charge in [0.1, 0.15) is 0 Å². The number of aromatic nitrogens is 2. The fourth-order valence-corrected chi connectivity index (χ4v) is 3.86. The lowest BCUT2D eigenvalue weighted by molar-refractivity contribution is -0.133. The van der Waals surface area contributed by atoms with Crippen LogP contribution >= 0.6 is 0 Å². The number of amides is 1. The third-order valence-corrected chi connectivity index (χ3v) is 5.05. The molecule has 2 atom stereocenters. The third kappa shape index (κ3) is 2.44. The summed E-state index contributed by atoms with van der Waals surface area (Å²) in [7, 11) is 0. The fourth-order valence-electron chi connectivity index (χ4n) is 3.86. The van der Waals surface area contributed by atoms with Crippen molar-refractivity contribution >= 4 is 5.91 Å². The molecule has 1 aromatic carbocycles. The van der Waals surface area contributed by atoms with E-state index in [0.717, 1.165) is 38.6 Å².